The fraction of sp³-hybridized carbons (Fsp3) is 0.308. The van der Waals surface area contributed by atoms with E-state index in [-0.39, 0.29) is 5.91 Å². The summed E-state index contributed by atoms with van der Waals surface area (Å²) in [6.07, 6.45) is 0.792. The maximum atomic E-state index is 12.1. The van der Waals surface area contributed by atoms with Gasteiger partial charge in [0.25, 0.3) is 5.91 Å². The van der Waals surface area contributed by atoms with Crippen molar-refractivity contribution in [3.05, 3.63) is 28.8 Å². The summed E-state index contributed by atoms with van der Waals surface area (Å²) >= 11 is 1.36. The molecule has 1 aromatic carbocycles. The molecule has 0 spiro atoms. The molecule has 0 aliphatic rings. The highest BCUT2D eigenvalue weighted by Crippen LogP contribution is 2.21. The molecule has 2 rings (SSSR count). The number of nitrogens with one attached hydrogen (secondary N) is 1. The molecule has 106 valence electrons. The molecule has 0 fully saturated rings. The molecule has 1 amide bonds. The molecule has 6 nitrogen and oxygen atoms in total. The molecule has 0 unspecified atom stereocenters. The highest BCUT2D eigenvalue weighted by molar-refractivity contribution is 7.15. The SMILES string of the molecule is CCOc1cc(N)cc(C(=O)Nc2nnc(CC)s2)c1. The number of nitrogen functional groups attached to an aromatic ring is 1. The van der Waals surface area contributed by atoms with Gasteiger partial charge in [-0.15, -0.1) is 10.2 Å². The van der Waals surface area contributed by atoms with Crippen LogP contribution in [0, 0.1) is 0 Å². The average Bonchev–Trinajstić information content (AvgIpc) is 2.86. The molecule has 0 aliphatic heterocycles. The van der Waals surface area contributed by atoms with Crippen LogP contribution in [0.2, 0.25) is 0 Å². The summed E-state index contributed by atoms with van der Waals surface area (Å²) < 4.78 is 5.36. The van der Waals surface area contributed by atoms with Gasteiger partial charge in [0.15, 0.2) is 0 Å². The lowest BCUT2D eigenvalue weighted by atomic mass is 10.2. The van der Waals surface area contributed by atoms with Gasteiger partial charge in [-0.25, -0.2) is 0 Å². The summed E-state index contributed by atoms with van der Waals surface area (Å²) in [5, 5.41) is 11.9. The number of nitrogens with two attached hydrogens (primary N) is 1. The summed E-state index contributed by atoms with van der Waals surface area (Å²) in [7, 11) is 0. The van der Waals surface area contributed by atoms with Gasteiger partial charge in [-0.3, -0.25) is 10.1 Å². The number of aromatic nitrogens is 2. The average molecular weight is 292 g/mol. The minimum Gasteiger partial charge on any atom is -0.494 e. The van der Waals surface area contributed by atoms with Crippen LogP contribution in [0.4, 0.5) is 10.8 Å². The molecule has 7 heteroatoms. The van der Waals surface area contributed by atoms with Gasteiger partial charge in [0.1, 0.15) is 10.8 Å². The number of benzene rings is 1. The zero-order valence-electron chi connectivity index (χ0n) is 11.3. The second-order valence-corrected chi connectivity index (χ2v) is 5.09. The molecule has 1 heterocycles. The monoisotopic (exact) mass is 292 g/mol. The second-order valence-electron chi connectivity index (χ2n) is 4.03. The number of hydrogen-bond acceptors (Lipinski definition) is 6. The number of aryl methyl sites for hydroxylation is 1. The lowest BCUT2D eigenvalue weighted by molar-refractivity contribution is 0.102. The lowest BCUT2D eigenvalue weighted by Crippen LogP contribution is -2.12. The largest absolute Gasteiger partial charge is 0.494 e. The van der Waals surface area contributed by atoms with Gasteiger partial charge in [0.2, 0.25) is 5.13 Å². The normalized spacial score (nSPS) is 10.3. The first-order valence-electron chi connectivity index (χ1n) is 6.29. The van der Waals surface area contributed by atoms with Gasteiger partial charge in [-0.1, -0.05) is 18.3 Å². The standard InChI is InChI=1S/C13H16N4O2S/c1-3-11-16-17-13(20-11)15-12(18)8-5-9(14)7-10(6-8)19-4-2/h5-7H,3-4,14H2,1-2H3,(H,15,17,18). The van der Waals surface area contributed by atoms with E-state index in [0.717, 1.165) is 11.4 Å². The molecule has 0 atom stereocenters. The molecule has 0 radical (unpaired) electrons. The van der Waals surface area contributed by atoms with Crippen LogP contribution >= 0.6 is 11.3 Å². The Morgan fingerprint density at radius 3 is 2.80 bits per heavy atom. The Bertz CT molecular complexity index is 612. The number of hydrogen-bond donors (Lipinski definition) is 2. The van der Waals surface area contributed by atoms with Crippen molar-refractivity contribution in [2.45, 2.75) is 20.3 Å². The molecule has 1 aromatic heterocycles. The van der Waals surface area contributed by atoms with Crippen molar-refractivity contribution in [3.63, 3.8) is 0 Å². The summed E-state index contributed by atoms with van der Waals surface area (Å²) in [5.74, 6) is 0.293. The first-order chi connectivity index (χ1) is 9.62. The predicted molar refractivity (Wildman–Crippen MR) is 79.3 cm³/mol. The smallest absolute Gasteiger partial charge is 0.257 e. The van der Waals surface area contributed by atoms with Gasteiger partial charge in [-0.2, -0.15) is 0 Å². The lowest BCUT2D eigenvalue weighted by Gasteiger charge is -2.07. The van der Waals surface area contributed by atoms with Gasteiger partial charge in [0.05, 0.1) is 6.61 Å². The van der Waals surface area contributed by atoms with Crippen LogP contribution in [0.1, 0.15) is 29.2 Å². The van der Waals surface area contributed by atoms with E-state index in [4.69, 9.17) is 10.5 Å². The van der Waals surface area contributed by atoms with Crippen LogP contribution in [-0.4, -0.2) is 22.7 Å². The minimum atomic E-state index is -0.281. The third kappa shape index (κ3) is 3.45. The number of amides is 1. The van der Waals surface area contributed by atoms with E-state index in [1.807, 2.05) is 13.8 Å². The van der Waals surface area contributed by atoms with Crippen molar-refractivity contribution in [3.8, 4) is 5.75 Å². The Kier molecular flexibility index (Phi) is 4.52. The molecule has 20 heavy (non-hydrogen) atoms. The summed E-state index contributed by atoms with van der Waals surface area (Å²) in [6, 6.07) is 4.93. The highest BCUT2D eigenvalue weighted by atomic mass is 32.1. The molecule has 0 saturated heterocycles. The van der Waals surface area contributed by atoms with E-state index >= 15 is 0 Å². The maximum Gasteiger partial charge on any atom is 0.257 e. The Labute approximate surface area is 121 Å². The Balaban J connectivity index is 2.15. The van der Waals surface area contributed by atoms with E-state index in [1.165, 1.54) is 11.3 Å². The van der Waals surface area contributed by atoms with Crippen molar-refractivity contribution in [2.24, 2.45) is 0 Å². The summed E-state index contributed by atoms with van der Waals surface area (Å²) in [4.78, 5) is 12.1. The Morgan fingerprint density at radius 1 is 1.35 bits per heavy atom. The molecule has 0 saturated carbocycles. The molecule has 3 N–H and O–H groups in total. The van der Waals surface area contributed by atoms with E-state index in [1.54, 1.807) is 18.2 Å². The van der Waals surface area contributed by atoms with Gasteiger partial charge in [0, 0.05) is 17.3 Å². The molecule has 0 aliphatic carbocycles. The van der Waals surface area contributed by atoms with E-state index in [2.05, 4.69) is 15.5 Å². The van der Waals surface area contributed by atoms with Crippen molar-refractivity contribution in [1.29, 1.82) is 0 Å². The summed E-state index contributed by atoms with van der Waals surface area (Å²) in [6.45, 7) is 4.37. The van der Waals surface area contributed by atoms with E-state index in [0.29, 0.717) is 28.7 Å². The second kappa shape index (κ2) is 6.33. The topological polar surface area (TPSA) is 90.1 Å². The van der Waals surface area contributed by atoms with Gasteiger partial charge >= 0.3 is 0 Å². The van der Waals surface area contributed by atoms with Crippen LogP contribution in [0.5, 0.6) is 5.75 Å². The number of ether oxygens (including phenoxy) is 1. The minimum absolute atomic E-state index is 0.281. The Hall–Kier alpha value is -2.15. The number of rotatable bonds is 5. The number of carbonyl (C=O) groups is 1. The maximum absolute atomic E-state index is 12.1. The molecule has 0 bridgehead atoms. The van der Waals surface area contributed by atoms with Crippen molar-refractivity contribution in [1.82, 2.24) is 10.2 Å². The molecule has 2 aromatic rings. The van der Waals surface area contributed by atoms with E-state index in [9.17, 15) is 4.79 Å². The van der Waals surface area contributed by atoms with Crippen LogP contribution < -0.4 is 15.8 Å². The van der Waals surface area contributed by atoms with Crippen molar-refractivity contribution in [2.75, 3.05) is 17.7 Å². The third-order valence-electron chi connectivity index (χ3n) is 2.49. The fourth-order valence-electron chi connectivity index (χ4n) is 1.62. The van der Waals surface area contributed by atoms with Crippen LogP contribution in [-0.2, 0) is 6.42 Å². The van der Waals surface area contributed by atoms with Crippen molar-refractivity contribution >= 4 is 28.1 Å². The quantitative estimate of drug-likeness (QED) is 0.825. The summed E-state index contributed by atoms with van der Waals surface area (Å²) in [5.41, 5.74) is 6.67. The third-order valence-corrected chi connectivity index (χ3v) is 3.47. The van der Waals surface area contributed by atoms with Crippen LogP contribution in [0.15, 0.2) is 18.2 Å². The molecular weight excluding hydrogens is 276 g/mol. The predicted octanol–water partition coefficient (Wildman–Crippen LogP) is 2.33. The Morgan fingerprint density at radius 2 is 2.15 bits per heavy atom. The number of anilines is 2. The number of carbonyl (C=O) groups excluding carboxylic acids is 1. The van der Waals surface area contributed by atoms with Crippen molar-refractivity contribution < 1.29 is 9.53 Å². The van der Waals surface area contributed by atoms with Crippen LogP contribution in [0.25, 0.3) is 0 Å². The van der Waals surface area contributed by atoms with Crippen LogP contribution in [0.3, 0.4) is 0 Å². The van der Waals surface area contributed by atoms with Gasteiger partial charge < -0.3 is 10.5 Å². The zero-order valence-corrected chi connectivity index (χ0v) is 12.2. The van der Waals surface area contributed by atoms with E-state index < -0.39 is 0 Å². The fourth-order valence-corrected chi connectivity index (χ4v) is 2.29. The highest BCUT2D eigenvalue weighted by Gasteiger charge is 2.11. The first-order valence-corrected chi connectivity index (χ1v) is 7.11. The molecular formula is C13H16N4O2S. The number of nitrogens with zero attached hydrogens (tertiary/aromatic N) is 2. The zero-order chi connectivity index (χ0) is 14.5. The first kappa shape index (κ1) is 14.3. The van der Waals surface area contributed by atoms with Gasteiger partial charge in [-0.05, 0) is 25.5 Å².